The molecule has 212 valence electrons. The molecule has 7 N–H and O–H groups in total. The maximum Gasteiger partial charge on any atom is 0.354 e. The van der Waals surface area contributed by atoms with Gasteiger partial charge in [0.1, 0.15) is 5.65 Å². The molecule has 5 rings (SSSR count). The smallest absolute Gasteiger partial charge is 0.354 e. The Morgan fingerprint density at radius 2 is 2.00 bits per heavy atom. The van der Waals surface area contributed by atoms with Gasteiger partial charge in [-0.15, -0.1) is 0 Å². The largest absolute Gasteiger partial charge is 0.395 e. The Labute approximate surface area is 237 Å². The molecule has 4 aromatic rings. The van der Waals surface area contributed by atoms with E-state index in [0.29, 0.717) is 53.4 Å². The molecule has 10 heteroatoms. The van der Waals surface area contributed by atoms with Crippen molar-refractivity contribution in [3.05, 3.63) is 81.1 Å². The Morgan fingerprint density at radius 3 is 2.75 bits per heavy atom. The van der Waals surface area contributed by atoms with Crippen LogP contribution in [0.1, 0.15) is 55.7 Å². The molecular formula is C30H36ClFN6O2. The molecule has 0 spiro atoms. The Balaban J connectivity index is 1.39. The van der Waals surface area contributed by atoms with Gasteiger partial charge in [0.2, 0.25) is 0 Å². The fourth-order valence-electron chi connectivity index (χ4n) is 5.55. The first kappa shape index (κ1) is 28.4. The molecule has 40 heavy (non-hydrogen) atoms. The summed E-state index contributed by atoms with van der Waals surface area (Å²) in [7, 11) is 0. The van der Waals surface area contributed by atoms with Crippen molar-refractivity contribution < 1.29 is 9.50 Å². The first-order valence-electron chi connectivity index (χ1n) is 13.9. The van der Waals surface area contributed by atoms with Crippen LogP contribution in [0.15, 0.2) is 53.5 Å². The molecule has 1 aliphatic rings. The number of rotatable bonds is 10. The summed E-state index contributed by atoms with van der Waals surface area (Å²) in [6.07, 6.45) is 8.08. The highest BCUT2D eigenvalue weighted by atomic mass is 35.5. The van der Waals surface area contributed by atoms with Gasteiger partial charge in [-0.1, -0.05) is 30.2 Å². The first-order chi connectivity index (χ1) is 19.4. The number of aromatic amines is 1. The molecule has 0 bridgehead atoms. The number of aryl methyl sites for hydroxylation is 1. The highest BCUT2D eigenvalue weighted by Crippen LogP contribution is 2.32. The number of aliphatic hydroxyl groups is 1. The number of piperidine rings is 1. The van der Waals surface area contributed by atoms with Crippen LogP contribution in [-0.4, -0.2) is 44.9 Å². The SMILES string of the molecule is NCC[C@@H]1CCC[C@@H](c2ccc(-n3cc4cc(-c5cc(CCC[C@@H](N)CO)cc(Cl)c5F)[nH]c4nc3=O)cc2)N1. The lowest BCUT2D eigenvalue weighted by Gasteiger charge is -2.31. The number of H-pyrrole nitrogens is 1. The molecule has 0 aliphatic carbocycles. The van der Waals surface area contributed by atoms with E-state index in [-0.39, 0.29) is 23.7 Å². The third kappa shape index (κ3) is 6.29. The number of nitrogens with two attached hydrogens (primary N) is 2. The second-order valence-electron chi connectivity index (χ2n) is 10.7. The topological polar surface area (TPSA) is 135 Å². The third-order valence-electron chi connectivity index (χ3n) is 7.73. The van der Waals surface area contributed by atoms with Crippen molar-refractivity contribution in [2.24, 2.45) is 11.5 Å². The van der Waals surface area contributed by atoms with Crippen molar-refractivity contribution in [3.63, 3.8) is 0 Å². The molecule has 1 aliphatic heterocycles. The number of nitrogens with zero attached hydrogens (tertiary/aromatic N) is 2. The van der Waals surface area contributed by atoms with E-state index in [1.165, 1.54) is 10.1 Å². The Hall–Kier alpha value is -3.08. The summed E-state index contributed by atoms with van der Waals surface area (Å²) in [5.74, 6) is -0.542. The van der Waals surface area contributed by atoms with Gasteiger partial charge in [-0.25, -0.2) is 9.18 Å². The molecule has 1 saturated heterocycles. The van der Waals surface area contributed by atoms with E-state index >= 15 is 4.39 Å². The molecule has 0 amide bonds. The van der Waals surface area contributed by atoms with Gasteiger partial charge in [0.05, 0.1) is 23.0 Å². The maximum absolute atomic E-state index is 15.1. The zero-order chi connectivity index (χ0) is 28.2. The first-order valence-corrected chi connectivity index (χ1v) is 14.3. The van der Waals surface area contributed by atoms with Crippen LogP contribution < -0.4 is 22.5 Å². The van der Waals surface area contributed by atoms with Crippen molar-refractivity contribution in [1.29, 1.82) is 0 Å². The zero-order valence-electron chi connectivity index (χ0n) is 22.4. The average Bonchev–Trinajstić information content (AvgIpc) is 3.37. The van der Waals surface area contributed by atoms with Gasteiger partial charge in [0.25, 0.3) is 0 Å². The standard InChI is InChI=1S/C30H36ClFN6O2/c31-25-14-18(3-1-4-21(34)17-39)13-24(28(25)32)27-15-20-16-38(30(40)37-29(20)36-27)23-9-7-19(8-10-23)26-6-2-5-22(35-26)11-12-33/h7-10,13-16,21-22,26,35,39H,1-6,11-12,17,33-34H2,(H,36,37,40)/t21-,22+,26+/m1/s1. The predicted molar refractivity (Wildman–Crippen MR) is 157 cm³/mol. The average molecular weight is 567 g/mol. The van der Waals surface area contributed by atoms with Gasteiger partial charge >= 0.3 is 5.69 Å². The van der Waals surface area contributed by atoms with Crippen LogP contribution in [0, 0.1) is 5.82 Å². The number of hydrogen-bond acceptors (Lipinski definition) is 6. The number of nitrogens with one attached hydrogen (secondary N) is 2. The normalized spacial score (nSPS) is 18.3. The third-order valence-corrected chi connectivity index (χ3v) is 8.01. The minimum atomic E-state index is -0.542. The molecule has 0 radical (unpaired) electrons. The van der Waals surface area contributed by atoms with Crippen LogP contribution in [0.5, 0.6) is 0 Å². The molecular weight excluding hydrogens is 531 g/mol. The van der Waals surface area contributed by atoms with E-state index in [0.717, 1.165) is 37.7 Å². The molecule has 0 saturated carbocycles. The lowest BCUT2D eigenvalue weighted by atomic mass is 9.92. The van der Waals surface area contributed by atoms with Crippen LogP contribution in [0.4, 0.5) is 4.39 Å². The fraction of sp³-hybridized carbons (Fsp3) is 0.400. The van der Waals surface area contributed by atoms with Crippen LogP contribution in [0.25, 0.3) is 28.0 Å². The van der Waals surface area contributed by atoms with Crippen LogP contribution >= 0.6 is 11.6 Å². The molecule has 3 heterocycles. The minimum Gasteiger partial charge on any atom is -0.395 e. The van der Waals surface area contributed by atoms with E-state index in [1.807, 2.05) is 24.3 Å². The number of aliphatic hydroxyl groups excluding tert-OH is 1. The summed E-state index contributed by atoms with van der Waals surface area (Å²) < 4.78 is 16.6. The predicted octanol–water partition coefficient (Wildman–Crippen LogP) is 4.35. The van der Waals surface area contributed by atoms with Crippen molar-refractivity contribution >= 4 is 22.6 Å². The molecule has 2 aromatic heterocycles. The summed E-state index contributed by atoms with van der Waals surface area (Å²) in [5, 5.41) is 13.5. The highest BCUT2D eigenvalue weighted by Gasteiger charge is 2.22. The molecule has 0 unspecified atom stereocenters. The number of benzene rings is 2. The number of aromatic nitrogens is 3. The highest BCUT2D eigenvalue weighted by molar-refractivity contribution is 6.31. The van der Waals surface area contributed by atoms with Crippen molar-refractivity contribution in [1.82, 2.24) is 19.9 Å². The van der Waals surface area contributed by atoms with Crippen LogP contribution in [-0.2, 0) is 6.42 Å². The number of hydrogen-bond donors (Lipinski definition) is 5. The second-order valence-corrected chi connectivity index (χ2v) is 11.1. The Bertz CT molecular complexity index is 1520. The Morgan fingerprint density at radius 1 is 1.20 bits per heavy atom. The molecule has 8 nitrogen and oxygen atoms in total. The van der Waals surface area contributed by atoms with Gasteiger partial charge in [0.15, 0.2) is 5.82 Å². The monoisotopic (exact) mass is 566 g/mol. The summed E-state index contributed by atoms with van der Waals surface area (Å²) in [4.78, 5) is 20.3. The maximum atomic E-state index is 15.1. The Kier molecular flexibility index (Phi) is 8.97. The number of halogens is 2. The molecule has 1 fully saturated rings. The second kappa shape index (κ2) is 12.6. The van der Waals surface area contributed by atoms with E-state index in [1.54, 1.807) is 24.4 Å². The lowest BCUT2D eigenvalue weighted by Crippen LogP contribution is -2.38. The minimum absolute atomic E-state index is 0.0204. The van der Waals surface area contributed by atoms with Crippen LogP contribution in [0.2, 0.25) is 5.02 Å². The zero-order valence-corrected chi connectivity index (χ0v) is 23.1. The van der Waals surface area contributed by atoms with Gasteiger partial charge in [-0.2, -0.15) is 4.98 Å². The number of fused-ring (bicyclic) bond motifs is 1. The van der Waals surface area contributed by atoms with Gasteiger partial charge in [-0.3, -0.25) is 4.57 Å². The van der Waals surface area contributed by atoms with Crippen molar-refractivity contribution in [2.75, 3.05) is 13.2 Å². The van der Waals surface area contributed by atoms with Gasteiger partial charge < -0.3 is 26.9 Å². The summed E-state index contributed by atoms with van der Waals surface area (Å²) in [5.41, 5.74) is 15.0. The van der Waals surface area contributed by atoms with E-state index in [4.69, 9.17) is 28.2 Å². The molecule has 2 aromatic carbocycles. The van der Waals surface area contributed by atoms with E-state index in [9.17, 15) is 4.79 Å². The lowest BCUT2D eigenvalue weighted by molar-refractivity contribution is 0.258. The van der Waals surface area contributed by atoms with Crippen LogP contribution in [0.3, 0.4) is 0 Å². The van der Waals surface area contributed by atoms with E-state index < -0.39 is 11.5 Å². The van der Waals surface area contributed by atoms with Crippen molar-refractivity contribution in [3.8, 4) is 16.9 Å². The summed E-state index contributed by atoms with van der Waals surface area (Å²) >= 11 is 6.23. The van der Waals surface area contributed by atoms with Gasteiger partial charge in [-0.05, 0) is 86.5 Å². The molecule has 3 atom stereocenters. The summed E-state index contributed by atoms with van der Waals surface area (Å²) in [6, 6.07) is 13.5. The van der Waals surface area contributed by atoms with Gasteiger partial charge in [0, 0.05) is 35.3 Å². The quantitative estimate of drug-likeness (QED) is 0.194. The van der Waals surface area contributed by atoms with Crippen molar-refractivity contribution in [2.45, 2.75) is 63.1 Å². The van der Waals surface area contributed by atoms with E-state index in [2.05, 4.69) is 15.3 Å². The summed E-state index contributed by atoms with van der Waals surface area (Å²) in [6.45, 7) is 0.602. The fourth-order valence-corrected chi connectivity index (χ4v) is 5.79.